The highest BCUT2D eigenvalue weighted by Crippen LogP contribution is 2.34. The number of carbonyl (C=O) groups excluding carboxylic acids is 1. The minimum atomic E-state index is -0.194. The van der Waals surface area contributed by atoms with E-state index in [0.29, 0.717) is 11.1 Å². The van der Waals surface area contributed by atoms with Crippen molar-refractivity contribution in [3.8, 4) is 11.1 Å². The van der Waals surface area contributed by atoms with Gasteiger partial charge in [0, 0.05) is 74.7 Å². The van der Waals surface area contributed by atoms with Gasteiger partial charge in [0.1, 0.15) is 6.23 Å². The Morgan fingerprint density at radius 1 is 1.07 bits per heavy atom. The van der Waals surface area contributed by atoms with E-state index < -0.39 is 0 Å². The minimum absolute atomic E-state index is 0.0186. The maximum atomic E-state index is 13.6. The van der Waals surface area contributed by atoms with Crippen molar-refractivity contribution in [1.82, 2.24) is 20.5 Å². The maximum Gasteiger partial charge on any atom is 0.253 e. The fourth-order valence-corrected chi connectivity index (χ4v) is 5.69. The highest BCUT2D eigenvalue weighted by Gasteiger charge is 2.28. The molecule has 40 heavy (non-hydrogen) atoms. The van der Waals surface area contributed by atoms with Gasteiger partial charge in [0.25, 0.3) is 11.5 Å². The first-order chi connectivity index (χ1) is 19.3. The van der Waals surface area contributed by atoms with Crippen LogP contribution in [-0.4, -0.2) is 61.3 Å². The summed E-state index contributed by atoms with van der Waals surface area (Å²) in [6.07, 6.45) is 0.986. The van der Waals surface area contributed by atoms with Crippen LogP contribution >= 0.6 is 0 Å². The Morgan fingerprint density at radius 2 is 1.80 bits per heavy atom. The first-order valence-corrected chi connectivity index (χ1v) is 14.4. The van der Waals surface area contributed by atoms with Crippen LogP contribution in [0.1, 0.15) is 51.7 Å². The number of hydrogen-bond acceptors (Lipinski definition) is 6. The summed E-state index contributed by atoms with van der Waals surface area (Å²) in [4.78, 5) is 33.7. The second kappa shape index (κ2) is 12.4. The minimum Gasteiger partial charge on any atom is -0.358 e. The largest absolute Gasteiger partial charge is 0.358 e. The summed E-state index contributed by atoms with van der Waals surface area (Å²) in [5.74, 6) is -0.194. The predicted octanol–water partition coefficient (Wildman–Crippen LogP) is 3.88. The van der Waals surface area contributed by atoms with Gasteiger partial charge < -0.3 is 25.3 Å². The number of aromatic amines is 1. The number of H-pyrrole nitrogens is 1. The number of rotatable bonds is 9. The van der Waals surface area contributed by atoms with Crippen molar-refractivity contribution < 1.29 is 9.53 Å². The zero-order valence-corrected chi connectivity index (χ0v) is 24.1. The lowest BCUT2D eigenvalue weighted by molar-refractivity contribution is -0.0506. The second-order valence-electron chi connectivity index (χ2n) is 10.9. The lowest BCUT2D eigenvalue weighted by Crippen LogP contribution is -2.45. The summed E-state index contributed by atoms with van der Waals surface area (Å²) < 4.78 is 5.85. The summed E-state index contributed by atoms with van der Waals surface area (Å²) in [5, 5.41) is 6.42. The number of piperazine rings is 1. The number of carbonyl (C=O) groups is 1. The number of aryl methyl sites for hydroxylation is 2. The lowest BCUT2D eigenvalue weighted by Gasteiger charge is -2.39. The summed E-state index contributed by atoms with van der Waals surface area (Å²) in [6.45, 7) is 14.7. The number of nitrogens with one attached hydrogen (secondary N) is 3. The number of nitrogens with zero attached hydrogens (tertiary/aromatic N) is 2. The van der Waals surface area contributed by atoms with Crippen LogP contribution in [-0.2, 0) is 17.8 Å². The molecule has 2 aliphatic rings. The molecule has 0 saturated carbocycles. The molecular formula is C32H41N5O3. The quantitative estimate of drug-likeness (QED) is 0.380. The van der Waals surface area contributed by atoms with Crippen molar-refractivity contribution in [3.05, 3.63) is 86.3 Å². The Bertz CT molecular complexity index is 1410. The standard InChI is InChI=1S/C32H41N5O3/c1-5-37(30-10-15-40-30)29-18-26(25-8-6-24(7-9-25)20-36-13-11-33-12-14-36)17-27(23(29)4)31(38)34-19-28-21(2)16-22(3)35-32(28)39/h6-9,16-18,30,33H,5,10-15,19-20H2,1-4H3,(H,34,38)(H,35,39). The van der Waals surface area contributed by atoms with Crippen LogP contribution in [0.2, 0.25) is 0 Å². The summed E-state index contributed by atoms with van der Waals surface area (Å²) in [5.41, 5.74) is 7.94. The molecule has 0 aliphatic carbocycles. The number of pyridine rings is 1. The van der Waals surface area contributed by atoms with Crippen LogP contribution in [0.3, 0.4) is 0 Å². The molecule has 0 spiro atoms. The van der Waals surface area contributed by atoms with E-state index in [1.54, 1.807) is 0 Å². The molecule has 5 rings (SSSR count). The van der Waals surface area contributed by atoms with Gasteiger partial charge in [-0.05, 0) is 73.7 Å². The number of ether oxygens (including phenoxy) is 1. The molecule has 2 fully saturated rings. The third-order valence-electron chi connectivity index (χ3n) is 8.12. The third-order valence-corrected chi connectivity index (χ3v) is 8.12. The van der Waals surface area contributed by atoms with E-state index in [-0.39, 0.29) is 24.2 Å². The normalized spacial score (nSPS) is 17.4. The first-order valence-electron chi connectivity index (χ1n) is 14.4. The fraction of sp³-hybridized carbons (Fsp3) is 0.438. The van der Waals surface area contributed by atoms with E-state index in [0.717, 1.165) is 85.9 Å². The van der Waals surface area contributed by atoms with Crippen LogP contribution in [0.4, 0.5) is 5.69 Å². The van der Waals surface area contributed by atoms with Gasteiger partial charge in [-0.3, -0.25) is 14.5 Å². The SMILES string of the molecule is CCN(c1cc(-c2ccc(CN3CCNCC3)cc2)cc(C(=O)NCc2c(C)cc(C)[nH]c2=O)c1C)C1CCO1. The van der Waals surface area contributed by atoms with Gasteiger partial charge in [-0.2, -0.15) is 0 Å². The Kier molecular flexibility index (Phi) is 8.69. The number of aromatic nitrogens is 1. The molecule has 1 amide bonds. The molecule has 2 saturated heterocycles. The van der Waals surface area contributed by atoms with Gasteiger partial charge in [-0.25, -0.2) is 0 Å². The van der Waals surface area contributed by atoms with Gasteiger partial charge in [0.2, 0.25) is 0 Å². The summed E-state index contributed by atoms with van der Waals surface area (Å²) >= 11 is 0. The van der Waals surface area contributed by atoms with Crippen molar-refractivity contribution in [2.75, 3.05) is 44.2 Å². The van der Waals surface area contributed by atoms with Gasteiger partial charge in [0.05, 0.1) is 6.61 Å². The van der Waals surface area contributed by atoms with Crippen LogP contribution < -0.4 is 21.1 Å². The molecule has 1 aromatic heterocycles. The molecular weight excluding hydrogens is 502 g/mol. The molecule has 0 bridgehead atoms. The van der Waals surface area contributed by atoms with Gasteiger partial charge in [0.15, 0.2) is 0 Å². The molecule has 1 unspecified atom stereocenters. The maximum absolute atomic E-state index is 13.6. The lowest BCUT2D eigenvalue weighted by atomic mass is 9.95. The van der Waals surface area contributed by atoms with E-state index in [1.807, 2.05) is 32.9 Å². The van der Waals surface area contributed by atoms with Crippen molar-refractivity contribution in [2.45, 2.75) is 53.4 Å². The summed E-state index contributed by atoms with van der Waals surface area (Å²) in [7, 11) is 0. The predicted molar refractivity (Wildman–Crippen MR) is 160 cm³/mol. The average Bonchev–Trinajstić information content (AvgIpc) is 2.91. The van der Waals surface area contributed by atoms with E-state index in [1.165, 1.54) is 5.56 Å². The Hall–Kier alpha value is -3.46. The Balaban J connectivity index is 1.44. The van der Waals surface area contributed by atoms with Crippen molar-refractivity contribution in [1.29, 1.82) is 0 Å². The van der Waals surface area contributed by atoms with E-state index in [2.05, 4.69) is 62.7 Å². The van der Waals surface area contributed by atoms with Crippen molar-refractivity contribution in [3.63, 3.8) is 0 Å². The fourth-order valence-electron chi connectivity index (χ4n) is 5.69. The van der Waals surface area contributed by atoms with Crippen LogP contribution in [0.5, 0.6) is 0 Å². The van der Waals surface area contributed by atoms with Gasteiger partial charge in [-0.1, -0.05) is 24.3 Å². The smallest absolute Gasteiger partial charge is 0.253 e. The van der Waals surface area contributed by atoms with E-state index in [4.69, 9.17) is 4.74 Å². The zero-order valence-electron chi connectivity index (χ0n) is 24.1. The monoisotopic (exact) mass is 543 g/mol. The highest BCUT2D eigenvalue weighted by molar-refractivity contribution is 5.99. The molecule has 1 atom stereocenters. The topological polar surface area (TPSA) is 89.7 Å². The number of hydrogen-bond donors (Lipinski definition) is 3. The van der Waals surface area contributed by atoms with Crippen molar-refractivity contribution in [2.24, 2.45) is 0 Å². The van der Waals surface area contributed by atoms with Gasteiger partial charge in [-0.15, -0.1) is 0 Å². The average molecular weight is 544 g/mol. The van der Waals surface area contributed by atoms with Crippen molar-refractivity contribution >= 4 is 11.6 Å². The number of benzene rings is 2. The van der Waals surface area contributed by atoms with Gasteiger partial charge >= 0.3 is 0 Å². The summed E-state index contributed by atoms with van der Waals surface area (Å²) in [6, 6.07) is 14.8. The first kappa shape index (κ1) is 28.1. The molecule has 2 aromatic carbocycles. The molecule has 3 heterocycles. The number of anilines is 1. The second-order valence-corrected chi connectivity index (χ2v) is 10.9. The van der Waals surface area contributed by atoms with Crippen LogP contribution in [0, 0.1) is 20.8 Å². The third kappa shape index (κ3) is 6.14. The van der Waals surface area contributed by atoms with Crippen LogP contribution in [0.25, 0.3) is 11.1 Å². The zero-order chi connectivity index (χ0) is 28.2. The van der Waals surface area contributed by atoms with Crippen LogP contribution in [0.15, 0.2) is 47.3 Å². The number of amides is 1. The van der Waals surface area contributed by atoms with E-state index >= 15 is 0 Å². The molecule has 0 radical (unpaired) electrons. The molecule has 212 valence electrons. The molecule has 2 aliphatic heterocycles. The molecule has 8 nitrogen and oxygen atoms in total. The Morgan fingerprint density at radius 3 is 2.42 bits per heavy atom. The highest BCUT2D eigenvalue weighted by atomic mass is 16.5. The van der Waals surface area contributed by atoms with E-state index in [9.17, 15) is 9.59 Å². The Labute approximate surface area is 236 Å². The molecule has 8 heteroatoms. The molecule has 3 N–H and O–H groups in total. The molecule has 3 aromatic rings.